The van der Waals surface area contributed by atoms with Crippen LogP contribution >= 0.6 is 0 Å². The van der Waals surface area contributed by atoms with Crippen LogP contribution in [0.25, 0.3) is 0 Å². The lowest BCUT2D eigenvalue weighted by atomic mass is 10.0. The molecular formula is C17H18O4. The van der Waals surface area contributed by atoms with E-state index < -0.39 is 5.97 Å². The summed E-state index contributed by atoms with van der Waals surface area (Å²) in [4.78, 5) is 10.8. The summed E-state index contributed by atoms with van der Waals surface area (Å²) in [6.07, 6.45) is 0.000275. The van der Waals surface area contributed by atoms with E-state index in [-0.39, 0.29) is 12.2 Å². The van der Waals surface area contributed by atoms with Gasteiger partial charge in [-0.25, -0.2) is 0 Å². The zero-order valence-corrected chi connectivity index (χ0v) is 12.3. The molecule has 2 aromatic rings. The first-order valence-corrected chi connectivity index (χ1v) is 6.66. The van der Waals surface area contributed by atoms with Gasteiger partial charge in [-0.2, -0.15) is 0 Å². The number of rotatable bonds is 4. The van der Waals surface area contributed by atoms with Crippen LogP contribution in [0.5, 0.6) is 17.2 Å². The molecular weight excluding hydrogens is 268 g/mol. The molecule has 110 valence electrons. The Labute approximate surface area is 123 Å². The summed E-state index contributed by atoms with van der Waals surface area (Å²) in [5.41, 5.74) is 3.27. The van der Waals surface area contributed by atoms with Gasteiger partial charge in [0.15, 0.2) is 0 Å². The van der Waals surface area contributed by atoms with E-state index in [9.17, 15) is 9.90 Å². The summed E-state index contributed by atoms with van der Waals surface area (Å²) < 4.78 is 5.88. The average Bonchev–Trinajstić information content (AvgIpc) is 2.37. The molecule has 0 unspecified atom stereocenters. The van der Waals surface area contributed by atoms with Crippen LogP contribution in [-0.4, -0.2) is 16.2 Å². The Hall–Kier alpha value is -2.49. The maximum Gasteiger partial charge on any atom is 0.307 e. The van der Waals surface area contributed by atoms with Gasteiger partial charge < -0.3 is 14.9 Å². The third kappa shape index (κ3) is 3.54. The molecule has 0 aliphatic carbocycles. The second-order valence-corrected chi connectivity index (χ2v) is 5.18. The van der Waals surface area contributed by atoms with Crippen LogP contribution in [0.3, 0.4) is 0 Å². The monoisotopic (exact) mass is 286 g/mol. The van der Waals surface area contributed by atoms with Gasteiger partial charge in [0.05, 0.1) is 6.42 Å². The molecule has 2 N–H and O–H groups in total. The highest BCUT2D eigenvalue weighted by Crippen LogP contribution is 2.32. The lowest BCUT2D eigenvalue weighted by molar-refractivity contribution is -0.136. The Morgan fingerprint density at radius 1 is 1.05 bits per heavy atom. The van der Waals surface area contributed by atoms with Crippen molar-refractivity contribution in [1.29, 1.82) is 0 Å². The first-order valence-electron chi connectivity index (χ1n) is 6.66. The molecule has 0 heterocycles. The quantitative estimate of drug-likeness (QED) is 0.898. The SMILES string of the molecule is Cc1cc(Oc2c(C)cc(CC(=O)O)cc2C)ccc1O. The number of carboxylic acids is 1. The molecule has 0 aliphatic rings. The molecule has 0 atom stereocenters. The molecule has 0 saturated heterocycles. The van der Waals surface area contributed by atoms with E-state index in [0.29, 0.717) is 11.5 Å². The Morgan fingerprint density at radius 3 is 2.19 bits per heavy atom. The maximum atomic E-state index is 10.8. The van der Waals surface area contributed by atoms with E-state index in [2.05, 4.69) is 0 Å². The number of aryl methyl sites for hydroxylation is 3. The molecule has 0 aromatic heterocycles. The van der Waals surface area contributed by atoms with E-state index in [4.69, 9.17) is 9.84 Å². The van der Waals surface area contributed by atoms with E-state index >= 15 is 0 Å². The molecule has 0 spiro atoms. The van der Waals surface area contributed by atoms with Gasteiger partial charge in [-0.1, -0.05) is 12.1 Å². The zero-order chi connectivity index (χ0) is 15.6. The van der Waals surface area contributed by atoms with Crippen LogP contribution in [0.4, 0.5) is 0 Å². The van der Waals surface area contributed by atoms with Crippen LogP contribution < -0.4 is 4.74 Å². The van der Waals surface area contributed by atoms with Crippen molar-refractivity contribution in [1.82, 2.24) is 0 Å². The van der Waals surface area contributed by atoms with Crippen LogP contribution in [0.1, 0.15) is 22.3 Å². The maximum absolute atomic E-state index is 10.8. The molecule has 21 heavy (non-hydrogen) atoms. The van der Waals surface area contributed by atoms with Crippen LogP contribution in [0.15, 0.2) is 30.3 Å². The Morgan fingerprint density at radius 2 is 1.67 bits per heavy atom. The number of phenols is 1. The number of aromatic hydroxyl groups is 1. The number of carboxylic acid groups (broad SMARTS) is 1. The van der Waals surface area contributed by atoms with Crippen molar-refractivity contribution in [3.05, 3.63) is 52.6 Å². The zero-order valence-electron chi connectivity index (χ0n) is 12.3. The van der Waals surface area contributed by atoms with Gasteiger partial charge in [-0.05, 0) is 61.2 Å². The molecule has 0 aliphatic heterocycles. The van der Waals surface area contributed by atoms with Gasteiger partial charge >= 0.3 is 5.97 Å². The van der Waals surface area contributed by atoms with Gasteiger partial charge in [0, 0.05) is 0 Å². The molecule has 2 aromatic carbocycles. The Balaban J connectivity index is 2.31. The predicted molar refractivity (Wildman–Crippen MR) is 80.2 cm³/mol. The van der Waals surface area contributed by atoms with Crippen molar-refractivity contribution >= 4 is 5.97 Å². The fraction of sp³-hybridized carbons (Fsp3) is 0.235. The molecule has 0 saturated carbocycles. The largest absolute Gasteiger partial charge is 0.508 e. The van der Waals surface area contributed by atoms with Crippen molar-refractivity contribution < 1.29 is 19.7 Å². The van der Waals surface area contributed by atoms with Gasteiger partial charge in [-0.3, -0.25) is 4.79 Å². The summed E-state index contributed by atoms with van der Waals surface area (Å²) in [6.45, 7) is 5.58. The number of aliphatic carboxylic acids is 1. The normalized spacial score (nSPS) is 10.4. The average molecular weight is 286 g/mol. The van der Waals surface area contributed by atoms with Crippen LogP contribution in [-0.2, 0) is 11.2 Å². The third-order valence-corrected chi connectivity index (χ3v) is 3.26. The second-order valence-electron chi connectivity index (χ2n) is 5.18. The highest BCUT2D eigenvalue weighted by Gasteiger charge is 2.10. The number of phenolic OH excluding ortho intramolecular Hbond substituents is 1. The standard InChI is InChI=1S/C17H18O4/c1-10-8-14(4-5-15(10)18)21-17-11(2)6-13(7-12(17)3)9-16(19)20/h4-8,18H,9H2,1-3H3,(H,19,20). The lowest BCUT2D eigenvalue weighted by Crippen LogP contribution is -2.02. The molecule has 0 bridgehead atoms. The topological polar surface area (TPSA) is 66.8 Å². The number of hydrogen-bond acceptors (Lipinski definition) is 3. The van der Waals surface area contributed by atoms with Crippen LogP contribution in [0, 0.1) is 20.8 Å². The van der Waals surface area contributed by atoms with E-state index in [1.54, 1.807) is 25.1 Å². The van der Waals surface area contributed by atoms with Crippen molar-refractivity contribution in [2.45, 2.75) is 27.2 Å². The van der Waals surface area contributed by atoms with Crippen molar-refractivity contribution in [3.63, 3.8) is 0 Å². The number of benzene rings is 2. The predicted octanol–water partition coefficient (Wildman–Crippen LogP) is 3.74. The third-order valence-electron chi connectivity index (χ3n) is 3.26. The van der Waals surface area contributed by atoms with Crippen molar-refractivity contribution in [2.75, 3.05) is 0 Å². The van der Waals surface area contributed by atoms with E-state index in [0.717, 1.165) is 22.3 Å². The smallest absolute Gasteiger partial charge is 0.307 e. The molecule has 0 fully saturated rings. The highest BCUT2D eigenvalue weighted by atomic mass is 16.5. The first-order chi connectivity index (χ1) is 9.86. The number of carbonyl (C=O) groups is 1. The minimum absolute atomic E-state index is 0.000275. The molecule has 4 nitrogen and oxygen atoms in total. The van der Waals surface area contributed by atoms with E-state index in [1.165, 1.54) is 0 Å². The summed E-state index contributed by atoms with van der Waals surface area (Å²) in [5.74, 6) is 0.737. The van der Waals surface area contributed by atoms with Crippen molar-refractivity contribution in [2.24, 2.45) is 0 Å². The summed E-state index contributed by atoms with van der Waals surface area (Å²) in [5, 5.41) is 18.4. The van der Waals surface area contributed by atoms with Crippen LogP contribution in [0.2, 0.25) is 0 Å². The van der Waals surface area contributed by atoms with E-state index in [1.807, 2.05) is 26.0 Å². The summed E-state index contributed by atoms with van der Waals surface area (Å²) in [7, 11) is 0. The molecule has 2 rings (SSSR count). The Bertz CT molecular complexity index is 666. The number of hydrogen-bond donors (Lipinski definition) is 2. The minimum atomic E-state index is -0.850. The second kappa shape index (κ2) is 5.87. The summed E-state index contributed by atoms with van der Waals surface area (Å²) >= 11 is 0. The lowest BCUT2D eigenvalue weighted by Gasteiger charge is -2.14. The van der Waals surface area contributed by atoms with Gasteiger partial charge in [0.25, 0.3) is 0 Å². The van der Waals surface area contributed by atoms with Gasteiger partial charge in [0.2, 0.25) is 0 Å². The fourth-order valence-corrected chi connectivity index (χ4v) is 2.29. The molecule has 4 heteroatoms. The minimum Gasteiger partial charge on any atom is -0.508 e. The fourth-order valence-electron chi connectivity index (χ4n) is 2.29. The number of ether oxygens (including phenoxy) is 1. The van der Waals surface area contributed by atoms with Crippen molar-refractivity contribution in [3.8, 4) is 17.2 Å². The summed E-state index contributed by atoms with van der Waals surface area (Å²) in [6, 6.07) is 8.70. The highest BCUT2D eigenvalue weighted by molar-refractivity contribution is 5.70. The molecule has 0 radical (unpaired) electrons. The van der Waals surface area contributed by atoms with Gasteiger partial charge in [0.1, 0.15) is 17.2 Å². The first kappa shape index (κ1) is 14.9. The van der Waals surface area contributed by atoms with Gasteiger partial charge in [-0.15, -0.1) is 0 Å². The Kier molecular flexibility index (Phi) is 4.17. The molecule has 0 amide bonds.